The summed E-state index contributed by atoms with van der Waals surface area (Å²) in [5.41, 5.74) is 0. The van der Waals surface area contributed by atoms with Crippen LogP contribution in [0, 0.1) is 5.92 Å². The van der Waals surface area contributed by atoms with Crippen LogP contribution in [-0.2, 0) is 22.6 Å². The highest BCUT2D eigenvalue weighted by molar-refractivity contribution is 5.71. The summed E-state index contributed by atoms with van der Waals surface area (Å²) in [7, 11) is 0. The first-order chi connectivity index (χ1) is 9.67. The second-order valence-corrected chi connectivity index (χ2v) is 4.93. The Bertz CT molecular complexity index is 450. The van der Waals surface area contributed by atoms with Crippen LogP contribution >= 0.6 is 0 Å². The molecule has 2 unspecified atom stereocenters. The van der Waals surface area contributed by atoms with Crippen molar-refractivity contribution in [1.82, 2.24) is 25.1 Å². The number of ether oxygens (including phenoxy) is 1. The Morgan fingerprint density at radius 1 is 1.50 bits per heavy atom. The molecule has 20 heavy (non-hydrogen) atoms. The van der Waals surface area contributed by atoms with E-state index in [1.807, 2.05) is 6.92 Å². The molecule has 1 aliphatic heterocycles. The van der Waals surface area contributed by atoms with Gasteiger partial charge in [0.25, 0.3) is 0 Å². The summed E-state index contributed by atoms with van der Waals surface area (Å²) in [6.07, 6.45) is 0.953. The van der Waals surface area contributed by atoms with Gasteiger partial charge in [0.05, 0.1) is 25.7 Å². The van der Waals surface area contributed by atoms with Gasteiger partial charge in [0.2, 0.25) is 0 Å². The predicted molar refractivity (Wildman–Crippen MR) is 69.9 cm³/mol. The minimum Gasteiger partial charge on any atom is -0.481 e. The zero-order chi connectivity index (χ0) is 14.5. The fourth-order valence-corrected chi connectivity index (χ4v) is 2.51. The topological polar surface area (TPSA) is 93.4 Å². The Balaban J connectivity index is 2.08. The third-order valence-electron chi connectivity index (χ3n) is 3.63. The molecule has 2 heterocycles. The third kappa shape index (κ3) is 3.13. The lowest BCUT2D eigenvalue weighted by Crippen LogP contribution is -2.43. The van der Waals surface area contributed by atoms with E-state index in [-0.39, 0.29) is 12.6 Å². The van der Waals surface area contributed by atoms with E-state index < -0.39 is 11.9 Å². The van der Waals surface area contributed by atoms with E-state index in [4.69, 9.17) is 4.74 Å². The fraction of sp³-hybridized carbons (Fsp3) is 0.833. The lowest BCUT2D eigenvalue weighted by Gasteiger charge is -2.28. The van der Waals surface area contributed by atoms with Crippen molar-refractivity contribution >= 4 is 5.97 Å². The first-order valence-electron chi connectivity index (χ1n) is 6.97. The van der Waals surface area contributed by atoms with E-state index in [1.54, 1.807) is 4.68 Å². The lowest BCUT2D eigenvalue weighted by molar-refractivity contribution is -0.143. The normalized spacial score (nSPS) is 22.6. The standard InChI is InChI=1S/C12H21N5O3/c1-3-5-17-11(13-14-15-17)6-16(4-2)10-8-20-7-9(10)12(18)19/h9-10H,3-8H2,1-2H3,(H,18,19). The largest absolute Gasteiger partial charge is 0.481 e. The number of carbonyl (C=O) groups is 1. The van der Waals surface area contributed by atoms with Crippen LogP contribution in [0.15, 0.2) is 0 Å². The van der Waals surface area contributed by atoms with Gasteiger partial charge in [0.1, 0.15) is 0 Å². The minimum absolute atomic E-state index is 0.121. The van der Waals surface area contributed by atoms with E-state index in [0.717, 1.165) is 25.3 Å². The molecule has 1 aliphatic rings. The Labute approximate surface area is 117 Å². The monoisotopic (exact) mass is 283 g/mol. The van der Waals surface area contributed by atoms with Crippen molar-refractivity contribution in [3.8, 4) is 0 Å². The van der Waals surface area contributed by atoms with Crippen molar-refractivity contribution in [3.05, 3.63) is 5.82 Å². The number of hydrogen-bond acceptors (Lipinski definition) is 6. The summed E-state index contributed by atoms with van der Waals surface area (Å²) >= 11 is 0. The van der Waals surface area contributed by atoms with E-state index in [1.165, 1.54) is 0 Å². The second kappa shape index (κ2) is 6.76. The molecule has 8 nitrogen and oxygen atoms in total. The van der Waals surface area contributed by atoms with Crippen molar-refractivity contribution < 1.29 is 14.6 Å². The number of tetrazole rings is 1. The zero-order valence-corrected chi connectivity index (χ0v) is 11.9. The minimum atomic E-state index is -0.806. The summed E-state index contributed by atoms with van der Waals surface area (Å²) in [6.45, 7) is 6.83. The van der Waals surface area contributed by atoms with Crippen LogP contribution in [-0.4, -0.2) is 62.0 Å². The molecule has 0 radical (unpaired) electrons. The Morgan fingerprint density at radius 3 is 2.95 bits per heavy atom. The number of hydrogen-bond donors (Lipinski definition) is 1. The molecule has 0 amide bonds. The number of carboxylic acids is 1. The predicted octanol–water partition coefficient (Wildman–Crippen LogP) is 0.00460. The summed E-state index contributed by atoms with van der Waals surface area (Å²) in [5, 5.41) is 20.9. The number of aryl methyl sites for hydroxylation is 1. The number of nitrogens with zero attached hydrogens (tertiary/aromatic N) is 5. The van der Waals surface area contributed by atoms with E-state index in [2.05, 4.69) is 27.3 Å². The molecule has 8 heteroatoms. The third-order valence-corrected chi connectivity index (χ3v) is 3.63. The van der Waals surface area contributed by atoms with Gasteiger partial charge < -0.3 is 9.84 Å². The number of aliphatic carboxylic acids is 1. The molecule has 1 fully saturated rings. The maximum atomic E-state index is 11.3. The Hall–Kier alpha value is -1.54. The Morgan fingerprint density at radius 2 is 2.30 bits per heavy atom. The van der Waals surface area contributed by atoms with Gasteiger partial charge in [0, 0.05) is 12.6 Å². The fourth-order valence-electron chi connectivity index (χ4n) is 2.51. The van der Waals surface area contributed by atoms with Crippen molar-refractivity contribution in [1.29, 1.82) is 0 Å². The lowest BCUT2D eigenvalue weighted by atomic mass is 10.0. The SMILES string of the molecule is CCCn1nnnc1CN(CC)C1COCC1C(=O)O. The maximum absolute atomic E-state index is 11.3. The molecule has 112 valence electrons. The van der Waals surface area contributed by atoms with Gasteiger partial charge in [-0.15, -0.1) is 5.10 Å². The number of likely N-dealkylation sites (N-methyl/N-ethyl adjacent to an activating group) is 1. The van der Waals surface area contributed by atoms with Gasteiger partial charge in [-0.1, -0.05) is 13.8 Å². The van der Waals surface area contributed by atoms with Crippen molar-refractivity contribution in [2.24, 2.45) is 5.92 Å². The van der Waals surface area contributed by atoms with E-state index >= 15 is 0 Å². The molecule has 1 aromatic heterocycles. The first kappa shape index (κ1) is 14.9. The highest BCUT2D eigenvalue weighted by atomic mass is 16.5. The summed E-state index contributed by atoms with van der Waals surface area (Å²) in [5.74, 6) is -0.519. The summed E-state index contributed by atoms with van der Waals surface area (Å²) in [4.78, 5) is 13.3. The van der Waals surface area contributed by atoms with Gasteiger partial charge in [-0.2, -0.15) is 0 Å². The number of rotatable bonds is 7. The molecular weight excluding hydrogens is 262 g/mol. The van der Waals surface area contributed by atoms with E-state index in [9.17, 15) is 9.90 Å². The van der Waals surface area contributed by atoms with Crippen molar-refractivity contribution in [2.45, 2.75) is 39.4 Å². The van der Waals surface area contributed by atoms with Crippen molar-refractivity contribution in [2.75, 3.05) is 19.8 Å². The van der Waals surface area contributed by atoms with Gasteiger partial charge in [-0.25, -0.2) is 4.68 Å². The van der Waals surface area contributed by atoms with Gasteiger partial charge >= 0.3 is 5.97 Å². The molecule has 1 saturated heterocycles. The maximum Gasteiger partial charge on any atom is 0.310 e. The average Bonchev–Trinajstić information content (AvgIpc) is 3.05. The first-order valence-corrected chi connectivity index (χ1v) is 6.97. The van der Waals surface area contributed by atoms with Gasteiger partial charge in [-0.05, 0) is 23.4 Å². The molecule has 1 N–H and O–H groups in total. The van der Waals surface area contributed by atoms with Crippen LogP contribution in [0.5, 0.6) is 0 Å². The van der Waals surface area contributed by atoms with Crippen molar-refractivity contribution in [3.63, 3.8) is 0 Å². The molecule has 0 aromatic carbocycles. The van der Waals surface area contributed by atoms with Crippen LogP contribution in [0.1, 0.15) is 26.1 Å². The van der Waals surface area contributed by atoms with Crippen LogP contribution in [0.3, 0.4) is 0 Å². The van der Waals surface area contributed by atoms with Crippen LogP contribution < -0.4 is 0 Å². The average molecular weight is 283 g/mol. The molecule has 0 saturated carbocycles. The highest BCUT2D eigenvalue weighted by Gasteiger charge is 2.37. The Kier molecular flexibility index (Phi) is 5.02. The summed E-state index contributed by atoms with van der Waals surface area (Å²) in [6, 6.07) is -0.121. The van der Waals surface area contributed by atoms with Crippen LogP contribution in [0.4, 0.5) is 0 Å². The summed E-state index contributed by atoms with van der Waals surface area (Å²) < 4.78 is 7.10. The highest BCUT2D eigenvalue weighted by Crippen LogP contribution is 2.21. The number of carboxylic acid groups (broad SMARTS) is 1. The van der Waals surface area contributed by atoms with Gasteiger partial charge in [0.15, 0.2) is 5.82 Å². The van der Waals surface area contributed by atoms with Crippen LogP contribution in [0.2, 0.25) is 0 Å². The molecule has 0 spiro atoms. The number of aromatic nitrogens is 4. The molecule has 1 aromatic rings. The van der Waals surface area contributed by atoms with Gasteiger partial charge in [-0.3, -0.25) is 9.69 Å². The molecular formula is C12H21N5O3. The zero-order valence-electron chi connectivity index (χ0n) is 11.9. The smallest absolute Gasteiger partial charge is 0.310 e. The molecule has 0 bridgehead atoms. The molecule has 0 aliphatic carbocycles. The van der Waals surface area contributed by atoms with E-state index in [0.29, 0.717) is 13.2 Å². The quantitative estimate of drug-likeness (QED) is 0.753. The molecule has 2 rings (SSSR count). The molecule has 2 atom stereocenters. The van der Waals surface area contributed by atoms with Crippen LogP contribution in [0.25, 0.3) is 0 Å². The second-order valence-electron chi connectivity index (χ2n) is 4.93.